The third-order valence-corrected chi connectivity index (χ3v) is 4.16. The van der Waals surface area contributed by atoms with Crippen molar-refractivity contribution < 1.29 is 23.8 Å². The number of aldehydes is 1. The number of primary amides is 1. The van der Waals surface area contributed by atoms with Gasteiger partial charge in [-0.1, -0.05) is 28.1 Å². The van der Waals surface area contributed by atoms with Gasteiger partial charge in [0.1, 0.15) is 11.9 Å². The number of benzene rings is 2. The minimum atomic E-state index is -0.827. The Labute approximate surface area is 154 Å². The van der Waals surface area contributed by atoms with Crippen LogP contribution in [0.25, 0.3) is 10.8 Å². The number of nitrogens with two attached hydrogens (primary N) is 1. The standard InChI is InChI=1S/C18H20BrNO5/c1-23-11-14(25-18(20)22)3-2-8-24-17-7-4-12-9-13(19)5-6-15(12)16(17)10-21/h4-7,9-10,14H,2-3,8,11H2,1H3,(H2,20,22). The highest BCUT2D eigenvalue weighted by Crippen LogP contribution is 2.29. The van der Waals surface area contributed by atoms with Crippen LogP contribution in [0.5, 0.6) is 5.75 Å². The van der Waals surface area contributed by atoms with Gasteiger partial charge in [0.15, 0.2) is 6.29 Å². The highest BCUT2D eigenvalue weighted by atomic mass is 79.9. The van der Waals surface area contributed by atoms with Gasteiger partial charge in [-0.05, 0) is 41.8 Å². The number of amides is 1. The Morgan fingerprint density at radius 1 is 1.32 bits per heavy atom. The summed E-state index contributed by atoms with van der Waals surface area (Å²) in [4.78, 5) is 22.3. The van der Waals surface area contributed by atoms with Crippen LogP contribution >= 0.6 is 15.9 Å². The van der Waals surface area contributed by atoms with E-state index >= 15 is 0 Å². The maximum atomic E-state index is 11.5. The molecule has 1 atom stereocenters. The molecule has 2 aromatic carbocycles. The van der Waals surface area contributed by atoms with Crippen molar-refractivity contribution in [3.05, 3.63) is 40.4 Å². The molecule has 2 aromatic rings. The largest absolute Gasteiger partial charge is 0.493 e. The summed E-state index contributed by atoms with van der Waals surface area (Å²) in [6.45, 7) is 0.651. The predicted octanol–water partition coefficient (Wildman–Crippen LogP) is 3.68. The van der Waals surface area contributed by atoms with Crippen molar-refractivity contribution in [3.8, 4) is 5.75 Å². The van der Waals surface area contributed by atoms with Crippen molar-refractivity contribution in [2.75, 3.05) is 20.3 Å². The van der Waals surface area contributed by atoms with Crippen molar-refractivity contribution in [1.82, 2.24) is 0 Å². The van der Waals surface area contributed by atoms with Crippen LogP contribution < -0.4 is 10.5 Å². The predicted molar refractivity (Wildman–Crippen MR) is 98.1 cm³/mol. The van der Waals surface area contributed by atoms with Crippen LogP contribution in [0.1, 0.15) is 23.2 Å². The molecule has 2 rings (SSSR count). The number of methoxy groups -OCH3 is 1. The third kappa shape index (κ3) is 5.44. The maximum absolute atomic E-state index is 11.5. The van der Waals surface area contributed by atoms with Gasteiger partial charge in [0.25, 0.3) is 0 Å². The molecule has 0 bridgehead atoms. The van der Waals surface area contributed by atoms with Crippen molar-refractivity contribution in [1.29, 1.82) is 0 Å². The zero-order chi connectivity index (χ0) is 18.2. The molecule has 0 radical (unpaired) electrons. The number of hydrogen-bond donors (Lipinski definition) is 1. The van der Waals surface area contributed by atoms with Gasteiger partial charge < -0.3 is 19.9 Å². The van der Waals surface area contributed by atoms with Crippen LogP contribution in [-0.2, 0) is 9.47 Å². The van der Waals surface area contributed by atoms with Gasteiger partial charge in [0.05, 0.1) is 18.8 Å². The number of halogens is 1. The molecule has 0 heterocycles. The van der Waals surface area contributed by atoms with Gasteiger partial charge >= 0.3 is 6.09 Å². The Bertz CT molecular complexity index is 750. The van der Waals surface area contributed by atoms with Crippen LogP contribution in [0.15, 0.2) is 34.8 Å². The summed E-state index contributed by atoms with van der Waals surface area (Å²) in [5.74, 6) is 0.531. The van der Waals surface area contributed by atoms with Crippen LogP contribution in [0, 0.1) is 0 Å². The van der Waals surface area contributed by atoms with Crippen molar-refractivity contribution >= 4 is 39.1 Å². The molecule has 0 aliphatic heterocycles. The highest BCUT2D eigenvalue weighted by Gasteiger charge is 2.13. The maximum Gasteiger partial charge on any atom is 0.404 e. The molecule has 0 saturated heterocycles. The van der Waals surface area contributed by atoms with E-state index in [0.717, 1.165) is 21.5 Å². The topological polar surface area (TPSA) is 87.8 Å². The fraction of sp³-hybridized carbons (Fsp3) is 0.333. The molecule has 0 fully saturated rings. The summed E-state index contributed by atoms with van der Waals surface area (Å²) in [5, 5.41) is 1.80. The van der Waals surface area contributed by atoms with Crippen LogP contribution in [0.4, 0.5) is 4.79 Å². The Morgan fingerprint density at radius 3 is 2.80 bits per heavy atom. The van der Waals surface area contributed by atoms with Crippen LogP contribution in [-0.4, -0.2) is 38.8 Å². The smallest absolute Gasteiger partial charge is 0.404 e. The van der Waals surface area contributed by atoms with Gasteiger partial charge in [0.2, 0.25) is 0 Å². The molecule has 0 aromatic heterocycles. The van der Waals surface area contributed by atoms with E-state index in [-0.39, 0.29) is 6.61 Å². The van der Waals surface area contributed by atoms with Crippen molar-refractivity contribution in [2.45, 2.75) is 18.9 Å². The molecular weight excluding hydrogens is 390 g/mol. The first-order valence-electron chi connectivity index (χ1n) is 7.80. The second kappa shape index (κ2) is 9.39. The lowest BCUT2D eigenvalue weighted by Gasteiger charge is -2.16. The van der Waals surface area contributed by atoms with Gasteiger partial charge in [-0.25, -0.2) is 4.79 Å². The number of fused-ring (bicyclic) bond motifs is 1. The first-order valence-corrected chi connectivity index (χ1v) is 8.59. The van der Waals surface area contributed by atoms with Crippen LogP contribution in [0.3, 0.4) is 0 Å². The number of carbonyl (C=O) groups is 2. The molecule has 6 nitrogen and oxygen atoms in total. The number of ether oxygens (including phenoxy) is 3. The molecule has 0 aliphatic rings. The van der Waals surface area contributed by atoms with Gasteiger partial charge in [-0.3, -0.25) is 4.79 Å². The quantitative estimate of drug-likeness (QED) is 0.503. The zero-order valence-electron chi connectivity index (χ0n) is 13.9. The summed E-state index contributed by atoms with van der Waals surface area (Å²) in [6, 6.07) is 9.40. The third-order valence-electron chi connectivity index (χ3n) is 3.66. The molecule has 1 amide bonds. The monoisotopic (exact) mass is 409 g/mol. The lowest BCUT2D eigenvalue weighted by molar-refractivity contribution is 0.0364. The Balaban J connectivity index is 1.99. The molecule has 134 valence electrons. The second-order valence-electron chi connectivity index (χ2n) is 5.47. The molecule has 2 N–H and O–H groups in total. The fourth-order valence-corrected chi connectivity index (χ4v) is 2.95. The zero-order valence-corrected chi connectivity index (χ0v) is 15.5. The van der Waals surface area contributed by atoms with Crippen LogP contribution in [0.2, 0.25) is 0 Å². The lowest BCUT2D eigenvalue weighted by Crippen LogP contribution is -2.27. The average molecular weight is 410 g/mol. The molecule has 7 heteroatoms. The number of rotatable bonds is 9. The summed E-state index contributed by atoms with van der Waals surface area (Å²) in [7, 11) is 1.53. The van der Waals surface area contributed by atoms with Gasteiger partial charge in [0, 0.05) is 11.6 Å². The Kier molecular flexibility index (Phi) is 7.21. The molecular formula is C18H20BrNO5. The summed E-state index contributed by atoms with van der Waals surface area (Å²) in [6.07, 6.45) is 0.735. The fourth-order valence-electron chi connectivity index (χ4n) is 2.57. The molecule has 25 heavy (non-hydrogen) atoms. The molecule has 1 unspecified atom stereocenters. The van der Waals surface area contributed by atoms with E-state index in [2.05, 4.69) is 15.9 Å². The average Bonchev–Trinajstić information content (AvgIpc) is 2.57. The SMILES string of the molecule is COCC(CCCOc1ccc2cc(Br)ccc2c1C=O)OC(N)=O. The van der Waals surface area contributed by atoms with E-state index in [4.69, 9.17) is 19.9 Å². The summed E-state index contributed by atoms with van der Waals surface area (Å²) >= 11 is 3.42. The minimum Gasteiger partial charge on any atom is -0.493 e. The first kappa shape index (κ1) is 19.2. The first-order chi connectivity index (χ1) is 12.0. The normalized spacial score (nSPS) is 11.9. The highest BCUT2D eigenvalue weighted by molar-refractivity contribution is 9.10. The molecule has 0 aliphatic carbocycles. The summed E-state index contributed by atoms with van der Waals surface area (Å²) < 4.78 is 16.6. The Morgan fingerprint density at radius 2 is 2.12 bits per heavy atom. The molecule has 0 saturated carbocycles. The van der Waals surface area contributed by atoms with E-state index in [1.54, 1.807) is 6.07 Å². The van der Waals surface area contributed by atoms with E-state index in [9.17, 15) is 9.59 Å². The van der Waals surface area contributed by atoms with Crippen molar-refractivity contribution in [3.63, 3.8) is 0 Å². The Hall–Kier alpha value is -2.12. The number of hydrogen-bond acceptors (Lipinski definition) is 5. The van der Waals surface area contributed by atoms with E-state index in [0.29, 0.717) is 30.8 Å². The number of carbonyl (C=O) groups excluding carboxylic acids is 2. The minimum absolute atomic E-state index is 0.271. The van der Waals surface area contributed by atoms with E-state index in [1.165, 1.54) is 7.11 Å². The van der Waals surface area contributed by atoms with Gasteiger partial charge in [-0.15, -0.1) is 0 Å². The van der Waals surface area contributed by atoms with E-state index in [1.807, 2.05) is 24.3 Å². The van der Waals surface area contributed by atoms with Crippen molar-refractivity contribution in [2.24, 2.45) is 5.73 Å². The molecule has 0 spiro atoms. The lowest BCUT2D eigenvalue weighted by atomic mass is 10.0. The van der Waals surface area contributed by atoms with Gasteiger partial charge in [-0.2, -0.15) is 0 Å². The van der Waals surface area contributed by atoms with E-state index < -0.39 is 12.2 Å². The second-order valence-corrected chi connectivity index (χ2v) is 6.38. The summed E-state index contributed by atoms with van der Waals surface area (Å²) in [5.41, 5.74) is 5.55.